The van der Waals surface area contributed by atoms with Gasteiger partial charge in [-0.2, -0.15) is 5.26 Å². The third kappa shape index (κ3) is 2.41. The summed E-state index contributed by atoms with van der Waals surface area (Å²) in [6.07, 6.45) is 0. The molecule has 1 nitrogen and oxygen atoms in total. The molecule has 0 bridgehead atoms. The molecule has 0 N–H and O–H groups in total. The maximum absolute atomic E-state index is 13.7. The molecule has 0 atom stereocenters. The molecule has 0 aromatic heterocycles. The Balaban J connectivity index is 2.54. The van der Waals surface area contributed by atoms with Crippen molar-refractivity contribution in [3.05, 3.63) is 57.8 Å². The van der Waals surface area contributed by atoms with Gasteiger partial charge in [0.15, 0.2) is 0 Å². The Morgan fingerprint density at radius 2 is 1.76 bits per heavy atom. The molecule has 2 aromatic carbocycles. The minimum Gasteiger partial charge on any atom is -0.206 e. The predicted molar refractivity (Wildman–Crippen MR) is 66.6 cm³/mol. The van der Waals surface area contributed by atoms with Gasteiger partial charge in [-0.1, -0.05) is 35.3 Å². The van der Waals surface area contributed by atoms with Gasteiger partial charge in [-0.15, -0.1) is 0 Å². The molecule has 2 rings (SSSR count). The number of nitriles is 1. The molecule has 4 heteroatoms. The van der Waals surface area contributed by atoms with Crippen LogP contribution in [-0.2, 0) is 0 Å². The minimum atomic E-state index is -0.456. The fraction of sp³-hybridized carbons (Fsp3) is 0. The van der Waals surface area contributed by atoms with E-state index >= 15 is 0 Å². The van der Waals surface area contributed by atoms with E-state index in [2.05, 4.69) is 0 Å². The fourth-order valence-electron chi connectivity index (χ4n) is 1.48. The van der Waals surface area contributed by atoms with Gasteiger partial charge in [0.25, 0.3) is 0 Å². The molecular formula is C13H6Cl2FN. The second kappa shape index (κ2) is 4.75. The minimum absolute atomic E-state index is 0.284. The zero-order chi connectivity index (χ0) is 12.4. The smallest absolute Gasteiger partial charge is 0.132 e. The number of hydrogen-bond acceptors (Lipinski definition) is 1. The summed E-state index contributed by atoms with van der Waals surface area (Å²) < 4.78 is 13.7. The summed E-state index contributed by atoms with van der Waals surface area (Å²) in [7, 11) is 0. The van der Waals surface area contributed by atoms with Crippen molar-refractivity contribution in [2.45, 2.75) is 0 Å². The molecule has 0 aliphatic rings. The van der Waals surface area contributed by atoms with Gasteiger partial charge in [-0.25, -0.2) is 4.39 Å². The van der Waals surface area contributed by atoms with E-state index in [1.54, 1.807) is 30.3 Å². The quantitative estimate of drug-likeness (QED) is 0.735. The van der Waals surface area contributed by atoms with Crippen LogP contribution in [-0.4, -0.2) is 0 Å². The Labute approximate surface area is 108 Å². The van der Waals surface area contributed by atoms with Gasteiger partial charge in [-0.3, -0.25) is 0 Å². The fourth-order valence-corrected chi connectivity index (χ4v) is 1.78. The molecule has 84 valence electrons. The number of hydrogen-bond donors (Lipinski definition) is 0. The van der Waals surface area contributed by atoms with E-state index in [0.717, 1.165) is 0 Å². The van der Waals surface area contributed by atoms with E-state index in [0.29, 0.717) is 21.2 Å². The van der Waals surface area contributed by atoms with E-state index in [1.165, 1.54) is 6.07 Å². The monoisotopic (exact) mass is 265 g/mol. The first-order chi connectivity index (χ1) is 8.11. The molecular weight excluding hydrogens is 260 g/mol. The van der Waals surface area contributed by atoms with Gasteiger partial charge in [-0.05, 0) is 29.8 Å². The molecule has 17 heavy (non-hydrogen) atoms. The lowest BCUT2D eigenvalue weighted by Gasteiger charge is -2.05. The van der Waals surface area contributed by atoms with Crippen LogP contribution in [0, 0.1) is 17.1 Å². The summed E-state index contributed by atoms with van der Waals surface area (Å²) in [4.78, 5) is 0. The Morgan fingerprint density at radius 1 is 1.00 bits per heavy atom. The average Bonchev–Trinajstić information content (AvgIpc) is 2.32. The normalized spacial score (nSPS) is 10.0. The second-order valence-corrected chi connectivity index (χ2v) is 4.25. The van der Waals surface area contributed by atoms with Gasteiger partial charge < -0.3 is 0 Å². The number of benzene rings is 2. The third-order valence-corrected chi connectivity index (χ3v) is 3.07. The van der Waals surface area contributed by atoms with E-state index in [9.17, 15) is 4.39 Å². The van der Waals surface area contributed by atoms with Crippen LogP contribution in [0.4, 0.5) is 4.39 Å². The van der Waals surface area contributed by atoms with Crippen LogP contribution in [0.5, 0.6) is 0 Å². The molecule has 0 aliphatic carbocycles. The molecule has 0 aliphatic heterocycles. The Hall–Kier alpha value is -1.56. The highest BCUT2D eigenvalue weighted by Gasteiger charge is 2.08. The molecule has 0 saturated carbocycles. The Morgan fingerprint density at radius 3 is 2.35 bits per heavy atom. The van der Waals surface area contributed by atoms with Gasteiger partial charge in [0.2, 0.25) is 0 Å². The summed E-state index contributed by atoms with van der Waals surface area (Å²) >= 11 is 11.7. The second-order valence-electron chi connectivity index (χ2n) is 3.44. The number of nitrogens with zero attached hydrogens (tertiary/aromatic N) is 1. The summed E-state index contributed by atoms with van der Waals surface area (Å²) in [5.74, 6) is -0.456. The number of halogens is 3. The highest BCUT2D eigenvalue weighted by Crippen LogP contribution is 2.30. The van der Waals surface area contributed by atoms with Crippen LogP contribution in [0.15, 0.2) is 36.4 Å². The van der Waals surface area contributed by atoms with Crippen molar-refractivity contribution in [3.63, 3.8) is 0 Å². The molecule has 2 aromatic rings. The maximum Gasteiger partial charge on any atom is 0.132 e. The topological polar surface area (TPSA) is 23.8 Å². The lowest BCUT2D eigenvalue weighted by molar-refractivity contribution is 0.631. The maximum atomic E-state index is 13.7. The highest BCUT2D eigenvalue weighted by molar-refractivity contribution is 6.42. The van der Waals surface area contributed by atoms with Crippen LogP contribution in [0.1, 0.15) is 5.56 Å². The Kier molecular flexibility index (Phi) is 3.33. The Bertz CT molecular complexity index is 617. The lowest BCUT2D eigenvalue weighted by atomic mass is 10.0. The van der Waals surface area contributed by atoms with Crippen LogP contribution in [0.25, 0.3) is 11.1 Å². The SMILES string of the molecule is N#Cc1ccc(-c2ccc(Cl)c(Cl)c2)c(F)c1. The standard InChI is InChI=1S/C13H6Cl2FN/c14-11-4-2-9(6-12(11)15)10-3-1-8(7-17)5-13(10)16/h1-6H. The van der Waals surface area contributed by atoms with E-state index in [4.69, 9.17) is 28.5 Å². The molecule has 0 saturated heterocycles. The predicted octanol–water partition coefficient (Wildman–Crippen LogP) is 4.67. The van der Waals surface area contributed by atoms with Crippen LogP contribution in [0.2, 0.25) is 10.0 Å². The molecule has 0 unspecified atom stereocenters. The van der Waals surface area contributed by atoms with Crippen molar-refractivity contribution in [2.75, 3.05) is 0 Å². The zero-order valence-corrected chi connectivity index (χ0v) is 10.1. The van der Waals surface area contributed by atoms with Crippen molar-refractivity contribution < 1.29 is 4.39 Å². The van der Waals surface area contributed by atoms with Gasteiger partial charge >= 0.3 is 0 Å². The van der Waals surface area contributed by atoms with Crippen LogP contribution >= 0.6 is 23.2 Å². The summed E-state index contributed by atoms with van der Waals surface area (Å²) in [6, 6.07) is 11.1. The van der Waals surface area contributed by atoms with Gasteiger partial charge in [0, 0.05) is 5.56 Å². The first-order valence-corrected chi connectivity index (χ1v) is 5.52. The van der Waals surface area contributed by atoms with Crippen molar-refractivity contribution in [3.8, 4) is 17.2 Å². The molecule has 0 fully saturated rings. The van der Waals surface area contributed by atoms with Gasteiger partial charge in [0.05, 0.1) is 21.7 Å². The molecule has 0 radical (unpaired) electrons. The van der Waals surface area contributed by atoms with Crippen molar-refractivity contribution in [2.24, 2.45) is 0 Å². The first kappa shape index (κ1) is 11.9. The molecule has 0 amide bonds. The lowest BCUT2D eigenvalue weighted by Crippen LogP contribution is -1.86. The number of rotatable bonds is 1. The van der Waals surface area contributed by atoms with Crippen molar-refractivity contribution >= 4 is 23.2 Å². The first-order valence-electron chi connectivity index (χ1n) is 4.77. The zero-order valence-electron chi connectivity index (χ0n) is 8.55. The summed E-state index contributed by atoms with van der Waals surface area (Å²) in [5, 5.41) is 9.44. The van der Waals surface area contributed by atoms with Gasteiger partial charge in [0.1, 0.15) is 5.82 Å². The largest absolute Gasteiger partial charge is 0.206 e. The van der Waals surface area contributed by atoms with Crippen LogP contribution in [0.3, 0.4) is 0 Å². The summed E-state index contributed by atoms with van der Waals surface area (Å²) in [5.41, 5.74) is 1.30. The summed E-state index contributed by atoms with van der Waals surface area (Å²) in [6.45, 7) is 0. The van der Waals surface area contributed by atoms with Crippen molar-refractivity contribution in [1.82, 2.24) is 0 Å². The van der Waals surface area contributed by atoms with E-state index in [-0.39, 0.29) is 5.56 Å². The molecule has 0 spiro atoms. The van der Waals surface area contributed by atoms with E-state index < -0.39 is 5.82 Å². The third-order valence-electron chi connectivity index (χ3n) is 2.33. The van der Waals surface area contributed by atoms with Crippen molar-refractivity contribution in [1.29, 1.82) is 5.26 Å². The average molecular weight is 266 g/mol. The van der Waals surface area contributed by atoms with Crippen LogP contribution < -0.4 is 0 Å². The molecule has 0 heterocycles. The van der Waals surface area contributed by atoms with E-state index in [1.807, 2.05) is 6.07 Å². The highest BCUT2D eigenvalue weighted by atomic mass is 35.5.